The summed E-state index contributed by atoms with van der Waals surface area (Å²) < 4.78 is 5.45. The maximum Gasteiger partial charge on any atom is 0.253 e. The average molecular weight is 155 g/mol. The number of hydrogen-bond donors (Lipinski definition) is 0. The van der Waals surface area contributed by atoms with Crippen LogP contribution in [-0.4, -0.2) is 29.7 Å². The van der Waals surface area contributed by atoms with Crippen molar-refractivity contribution in [3.63, 3.8) is 0 Å². The Kier molecular flexibility index (Phi) is 1.60. The molecule has 1 amide bonds. The first kappa shape index (κ1) is 7.10. The zero-order chi connectivity index (χ0) is 7.84. The van der Waals surface area contributed by atoms with Crippen molar-refractivity contribution in [1.82, 2.24) is 4.90 Å². The fraction of sp³-hybridized carbons (Fsp3) is 0.875. The number of piperidine rings is 1. The fourth-order valence-corrected chi connectivity index (χ4v) is 1.82. The normalized spacial score (nSPS) is 37.5. The summed E-state index contributed by atoms with van der Waals surface area (Å²) in [7, 11) is 0. The first-order valence-electron chi connectivity index (χ1n) is 4.25. The molecule has 0 saturated carbocycles. The van der Waals surface area contributed by atoms with Gasteiger partial charge in [-0.1, -0.05) is 0 Å². The van der Waals surface area contributed by atoms with Crippen LogP contribution in [0.25, 0.3) is 0 Å². The molecular weight excluding hydrogens is 142 g/mol. The van der Waals surface area contributed by atoms with Crippen LogP contribution in [0.2, 0.25) is 0 Å². The van der Waals surface area contributed by atoms with E-state index in [1.807, 2.05) is 11.8 Å². The highest BCUT2D eigenvalue weighted by molar-refractivity contribution is 5.82. The molecular formula is C8H13NO2. The number of rotatable bonds is 0. The molecule has 0 radical (unpaired) electrons. The van der Waals surface area contributed by atoms with E-state index in [1.54, 1.807) is 0 Å². The van der Waals surface area contributed by atoms with Gasteiger partial charge in [0.15, 0.2) is 0 Å². The van der Waals surface area contributed by atoms with Gasteiger partial charge in [-0.25, -0.2) is 0 Å². The van der Waals surface area contributed by atoms with Gasteiger partial charge in [0.05, 0.1) is 0 Å². The molecule has 0 N–H and O–H groups in total. The number of ether oxygens (including phenoxy) is 1. The van der Waals surface area contributed by atoms with E-state index in [0.29, 0.717) is 0 Å². The van der Waals surface area contributed by atoms with Gasteiger partial charge in [-0.3, -0.25) is 4.79 Å². The van der Waals surface area contributed by atoms with Gasteiger partial charge in [0.25, 0.3) is 5.91 Å². The number of nitrogens with zero attached hydrogens (tertiary/aromatic N) is 1. The van der Waals surface area contributed by atoms with Crippen LogP contribution in [0.3, 0.4) is 0 Å². The van der Waals surface area contributed by atoms with E-state index in [1.165, 1.54) is 6.42 Å². The molecule has 2 saturated heterocycles. The van der Waals surface area contributed by atoms with E-state index in [-0.39, 0.29) is 18.2 Å². The van der Waals surface area contributed by atoms with Gasteiger partial charge in [0, 0.05) is 6.54 Å². The zero-order valence-electron chi connectivity index (χ0n) is 6.75. The summed E-state index contributed by atoms with van der Waals surface area (Å²) in [5, 5.41) is 0. The predicted octanol–water partition coefficient (Wildman–Crippen LogP) is 0.744. The summed E-state index contributed by atoms with van der Waals surface area (Å²) in [5.41, 5.74) is 0. The molecule has 11 heavy (non-hydrogen) atoms. The summed E-state index contributed by atoms with van der Waals surface area (Å²) in [5.74, 6) is 0.176. The third-order valence-electron chi connectivity index (χ3n) is 2.44. The van der Waals surface area contributed by atoms with E-state index in [2.05, 4.69) is 0 Å². The lowest BCUT2D eigenvalue weighted by molar-refractivity contribution is -0.130. The molecule has 62 valence electrons. The molecule has 0 aromatic carbocycles. The lowest BCUT2D eigenvalue weighted by Gasteiger charge is -2.27. The highest BCUT2D eigenvalue weighted by Gasteiger charge is 2.38. The van der Waals surface area contributed by atoms with Crippen LogP contribution in [0.5, 0.6) is 0 Å². The molecule has 2 atom stereocenters. The molecule has 3 nitrogen and oxygen atoms in total. The van der Waals surface area contributed by atoms with Crippen LogP contribution in [0.4, 0.5) is 0 Å². The molecule has 2 rings (SSSR count). The fourth-order valence-electron chi connectivity index (χ4n) is 1.82. The standard InChI is InChI=1S/C8H13NO2/c1-6-8(10)9-5-3-2-4-7(9)11-6/h6-7H,2-5H2,1H3. The zero-order valence-corrected chi connectivity index (χ0v) is 6.75. The highest BCUT2D eigenvalue weighted by Crippen LogP contribution is 2.25. The number of amides is 1. The van der Waals surface area contributed by atoms with Gasteiger partial charge in [-0.15, -0.1) is 0 Å². The van der Waals surface area contributed by atoms with Crippen molar-refractivity contribution in [2.45, 2.75) is 38.5 Å². The SMILES string of the molecule is CC1OC2CCCCN2C1=O. The van der Waals surface area contributed by atoms with Gasteiger partial charge in [-0.2, -0.15) is 0 Å². The first-order chi connectivity index (χ1) is 5.29. The van der Waals surface area contributed by atoms with E-state index in [0.717, 1.165) is 19.4 Å². The van der Waals surface area contributed by atoms with Crippen LogP contribution in [0.15, 0.2) is 0 Å². The Balaban J connectivity index is 2.11. The average Bonchev–Trinajstić information content (AvgIpc) is 2.30. The Morgan fingerprint density at radius 1 is 1.55 bits per heavy atom. The molecule has 0 aromatic heterocycles. The first-order valence-corrected chi connectivity index (χ1v) is 4.25. The largest absolute Gasteiger partial charge is 0.346 e. The molecule has 0 aliphatic carbocycles. The molecule has 3 heteroatoms. The lowest BCUT2D eigenvalue weighted by Crippen LogP contribution is -2.38. The molecule has 2 heterocycles. The Morgan fingerprint density at radius 3 is 3.09 bits per heavy atom. The summed E-state index contributed by atoms with van der Waals surface area (Å²) in [6, 6.07) is 0. The van der Waals surface area contributed by atoms with Crippen molar-refractivity contribution in [1.29, 1.82) is 0 Å². The Hall–Kier alpha value is -0.570. The van der Waals surface area contributed by atoms with Gasteiger partial charge in [0.2, 0.25) is 0 Å². The Morgan fingerprint density at radius 2 is 2.36 bits per heavy atom. The van der Waals surface area contributed by atoms with Crippen LogP contribution in [-0.2, 0) is 9.53 Å². The van der Waals surface area contributed by atoms with Crippen molar-refractivity contribution < 1.29 is 9.53 Å². The minimum Gasteiger partial charge on any atom is -0.346 e. The molecule has 0 bridgehead atoms. The van der Waals surface area contributed by atoms with Crippen LogP contribution in [0.1, 0.15) is 26.2 Å². The van der Waals surface area contributed by atoms with Gasteiger partial charge < -0.3 is 9.64 Å². The van der Waals surface area contributed by atoms with Crippen molar-refractivity contribution in [3.8, 4) is 0 Å². The Labute approximate surface area is 66.3 Å². The summed E-state index contributed by atoms with van der Waals surface area (Å²) in [6.07, 6.45) is 3.26. The number of carbonyl (C=O) groups is 1. The maximum absolute atomic E-state index is 11.3. The second-order valence-electron chi connectivity index (χ2n) is 3.26. The topological polar surface area (TPSA) is 29.5 Å². The second kappa shape index (κ2) is 2.48. The van der Waals surface area contributed by atoms with E-state index in [9.17, 15) is 4.79 Å². The molecule has 2 unspecified atom stereocenters. The van der Waals surface area contributed by atoms with Crippen LogP contribution >= 0.6 is 0 Å². The quantitative estimate of drug-likeness (QED) is 0.516. The number of hydrogen-bond acceptors (Lipinski definition) is 2. The lowest BCUT2D eigenvalue weighted by atomic mass is 10.1. The summed E-state index contributed by atoms with van der Waals surface area (Å²) in [6.45, 7) is 2.73. The molecule has 2 aliphatic heterocycles. The van der Waals surface area contributed by atoms with Crippen molar-refractivity contribution >= 4 is 5.91 Å². The van der Waals surface area contributed by atoms with E-state index < -0.39 is 0 Å². The van der Waals surface area contributed by atoms with Crippen LogP contribution in [0, 0.1) is 0 Å². The predicted molar refractivity (Wildman–Crippen MR) is 39.9 cm³/mol. The van der Waals surface area contributed by atoms with Crippen molar-refractivity contribution in [2.24, 2.45) is 0 Å². The monoisotopic (exact) mass is 155 g/mol. The third-order valence-corrected chi connectivity index (χ3v) is 2.44. The molecule has 2 aliphatic rings. The maximum atomic E-state index is 11.3. The summed E-state index contributed by atoms with van der Waals surface area (Å²) >= 11 is 0. The molecule has 0 aromatic rings. The highest BCUT2D eigenvalue weighted by atomic mass is 16.5. The molecule has 0 spiro atoms. The van der Waals surface area contributed by atoms with E-state index >= 15 is 0 Å². The third kappa shape index (κ3) is 1.03. The minimum absolute atomic E-state index is 0.103. The summed E-state index contributed by atoms with van der Waals surface area (Å²) in [4.78, 5) is 13.2. The van der Waals surface area contributed by atoms with Crippen LogP contribution < -0.4 is 0 Å². The van der Waals surface area contributed by atoms with Gasteiger partial charge >= 0.3 is 0 Å². The Bertz CT molecular complexity index is 181. The smallest absolute Gasteiger partial charge is 0.253 e. The number of fused-ring (bicyclic) bond motifs is 1. The van der Waals surface area contributed by atoms with Gasteiger partial charge in [0.1, 0.15) is 12.3 Å². The minimum atomic E-state index is -0.196. The van der Waals surface area contributed by atoms with Gasteiger partial charge in [-0.05, 0) is 26.2 Å². The van der Waals surface area contributed by atoms with E-state index in [4.69, 9.17) is 4.74 Å². The molecule has 2 fully saturated rings. The second-order valence-corrected chi connectivity index (χ2v) is 3.26. The number of carbonyl (C=O) groups excluding carboxylic acids is 1. The van der Waals surface area contributed by atoms with Crippen molar-refractivity contribution in [2.75, 3.05) is 6.54 Å². The van der Waals surface area contributed by atoms with Crippen molar-refractivity contribution in [3.05, 3.63) is 0 Å².